The van der Waals surface area contributed by atoms with Crippen molar-refractivity contribution in [1.29, 1.82) is 0 Å². The lowest BCUT2D eigenvalue weighted by atomic mass is 10.1. The predicted octanol–water partition coefficient (Wildman–Crippen LogP) is 3.32. The number of benzene rings is 1. The number of halogens is 1. The van der Waals surface area contributed by atoms with Gasteiger partial charge in [-0.1, -0.05) is 24.3 Å². The van der Waals surface area contributed by atoms with Crippen molar-refractivity contribution >= 4 is 21.9 Å². The Labute approximate surface area is 109 Å². The summed E-state index contributed by atoms with van der Waals surface area (Å²) in [6.45, 7) is 3.08. The number of rotatable bonds is 1. The Balaban J connectivity index is 1.96. The van der Waals surface area contributed by atoms with Gasteiger partial charge in [0.1, 0.15) is 0 Å². The Morgan fingerprint density at radius 3 is 2.65 bits per heavy atom. The highest BCUT2D eigenvalue weighted by Crippen LogP contribution is 2.35. The third-order valence-electron chi connectivity index (χ3n) is 3.18. The van der Waals surface area contributed by atoms with Gasteiger partial charge < -0.3 is 4.90 Å². The van der Waals surface area contributed by atoms with Gasteiger partial charge in [0.15, 0.2) is 0 Å². The topological polar surface area (TPSA) is 29.0 Å². The largest absolute Gasteiger partial charge is 0.330 e. The number of hydrogen-bond acceptors (Lipinski definition) is 3. The monoisotopic (exact) mass is 289 g/mol. The molecule has 86 valence electrons. The molecule has 0 saturated carbocycles. The molecule has 2 heterocycles. The molecule has 1 aliphatic heterocycles. The summed E-state index contributed by atoms with van der Waals surface area (Å²) in [6, 6.07) is 8.86. The lowest BCUT2D eigenvalue weighted by Gasteiger charge is -2.21. The summed E-state index contributed by atoms with van der Waals surface area (Å²) in [6.07, 6.45) is 3.58. The molecule has 0 fully saturated rings. The number of anilines is 1. The highest BCUT2D eigenvalue weighted by atomic mass is 79.9. The van der Waals surface area contributed by atoms with Gasteiger partial charge in [0, 0.05) is 18.9 Å². The van der Waals surface area contributed by atoms with Gasteiger partial charge in [-0.25, -0.2) is 9.97 Å². The van der Waals surface area contributed by atoms with Gasteiger partial charge in [-0.05, 0) is 34.0 Å². The minimum Gasteiger partial charge on any atom is -0.330 e. The van der Waals surface area contributed by atoms with Crippen LogP contribution in [0.3, 0.4) is 0 Å². The fourth-order valence-electron chi connectivity index (χ4n) is 2.27. The van der Waals surface area contributed by atoms with Gasteiger partial charge in [0.25, 0.3) is 0 Å². The van der Waals surface area contributed by atoms with Crippen LogP contribution in [0.1, 0.15) is 24.1 Å². The first-order chi connectivity index (χ1) is 8.25. The Hall–Kier alpha value is -1.42. The lowest BCUT2D eigenvalue weighted by molar-refractivity contribution is 0.705. The van der Waals surface area contributed by atoms with Gasteiger partial charge in [-0.15, -0.1) is 0 Å². The van der Waals surface area contributed by atoms with E-state index >= 15 is 0 Å². The molecule has 1 atom stereocenters. The molecule has 4 heteroatoms. The first-order valence-corrected chi connectivity index (χ1v) is 6.37. The summed E-state index contributed by atoms with van der Waals surface area (Å²) in [5, 5.41) is 0. The third-order valence-corrected chi connectivity index (χ3v) is 3.59. The molecule has 3 rings (SSSR count). The van der Waals surface area contributed by atoms with E-state index in [0.29, 0.717) is 6.04 Å². The average molecular weight is 290 g/mol. The molecule has 0 bridgehead atoms. The fraction of sp³-hybridized carbons (Fsp3) is 0.231. The van der Waals surface area contributed by atoms with E-state index in [1.165, 1.54) is 11.1 Å². The summed E-state index contributed by atoms with van der Waals surface area (Å²) in [4.78, 5) is 10.9. The quantitative estimate of drug-likeness (QED) is 0.806. The molecular formula is C13H12BrN3. The molecule has 1 aliphatic rings. The number of hydrogen-bond donors (Lipinski definition) is 0. The smallest absolute Gasteiger partial charge is 0.226 e. The van der Waals surface area contributed by atoms with Gasteiger partial charge >= 0.3 is 0 Å². The normalized spacial score (nSPS) is 18.2. The highest BCUT2D eigenvalue weighted by molar-refractivity contribution is 9.10. The Morgan fingerprint density at radius 2 is 1.94 bits per heavy atom. The average Bonchev–Trinajstić information content (AvgIpc) is 2.69. The predicted molar refractivity (Wildman–Crippen MR) is 70.8 cm³/mol. The van der Waals surface area contributed by atoms with Crippen molar-refractivity contribution in [2.45, 2.75) is 19.5 Å². The zero-order chi connectivity index (χ0) is 11.8. The van der Waals surface area contributed by atoms with Crippen LogP contribution in [0, 0.1) is 0 Å². The molecule has 0 aliphatic carbocycles. The van der Waals surface area contributed by atoms with Crippen LogP contribution in [0.5, 0.6) is 0 Å². The second-order valence-corrected chi connectivity index (χ2v) is 5.12. The minimum absolute atomic E-state index is 0.340. The maximum absolute atomic E-state index is 4.36. The zero-order valence-electron chi connectivity index (χ0n) is 9.47. The minimum atomic E-state index is 0.340. The summed E-state index contributed by atoms with van der Waals surface area (Å²) in [5.74, 6) is 0.789. The third kappa shape index (κ3) is 1.82. The zero-order valence-corrected chi connectivity index (χ0v) is 11.1. The van der Waals surface area contributed by atoms with Crippen LogP contribution >= 0.6 is 15.9 Å². The van der Waals surface area contributed by atoms with Crippen molar-refractivity contribution in [3.05, 3.63) is 52.3 Å². The Bertz CT molecular complexity index is 539. The van der Waals surface area contributed by atoms with Gasteiger partial charge in [-0.2, -0.15) is 0 Å². The summed E-state index contributed by atoms with van der Waals surface area (Å²) < 4.78 is 0.908. The molecule has 0 N–H and O–H groups in total. The number of nitrogens with zero attached hydrogens (tertiary/aromatic N) is 3. The molecule has 0 radical (unpaired) electrons. The molecule has 1 aromatic heterocycles. The molecular weight excluding hydrogens is 278 g/mol. The first kappa shape index (κ1) is 10.7. The maximum atomic E-state index is 4.36. The van der Waals surface area contributed by atoms with Gasteiger partial charge in [-0.3, -0.25) is 0 Å². The standard InChI is InChI=1S/C13H12BrN3/c1-9-12-5-3-2-4-10(12)8-17(9)13-15-6-11(14)7-16-13/h2-7,9H,8H2,1H3/t9-/m1/s1. The molecule has 3 nitrogen and oxygen atoms in total. The van der Waals surface area contributed by atoms with E-state index in [4.69, 9.17) is 0 Å². The van der Waals surface area contributed by atoms with E-state index in [-0.39, 0.29) is 0 Å². The van der Waals surface area contributed by atoms with Crippen LogP contribution in [0.15, 0.2) is 41.1 Å². The molecule has 0 unspecified atom stereocenters. The van der Waals surface area contributed by atoms with Crippen LogP contribution in [0.4, 0.5) is 5.95 Å². The van der Waals surface area contributed by atoms with Crippen LogP contribution in [-0.2, 0) is 6.54 Å². The van der Waals surface area contributed by atoms with E-state index < -0.39 is 0 Å². The van der Waals surface area contributed by atoms with Crippen LogP contribution in [0.2, 0.25) is 0 Å². The van der Waals surface area contributed by atoms with Crippen molar-refractivity contribution in [2.24, 2.45) is 0 Å². The highest BCUT2D eigenvalue weighted by Gasteiger charge is 2.27. The Morgan fingerprint density at radius 1 is 1.24 bits per heavy atom. The van der Waals surface area contributed by atoms with Crippen LogP contribution in [-0.4, -0.2) is 9.97 Å². The summed E-state index contributed by atoms with van der Waals surface area (Å²) in [7, 11) is 0. The molecule has 1 aromatic carbocycles. The number of fused-ring (bicyclic) bond motifs is 1. The molecule has 0 spiro atoms. The molecule has 2 aromatic rings. The summed E-state index contributed by atoms with van der Waals surface area (Å²) >= 11 is 3.35. The maximum Gasteiger partial charge on any atom is 0.226 e. The van der Waals surface area contributed by atoms with E-state index in [1.54, 1.807) is 12.4 Å². The Kier molecular flexibility index (Phi) is 2.59. The molecule has 0 amide bonds. The SMILES string of the molecule is C[C@@H]1c2ccccc2CN1c1ncc(Br)cn1. The van der Waals surface area contributed by atoms with E-state index in [0.717, 1.165) is 17.0 Å². The van der Waals surface area contributed by atoms with Crippen molar-refractivity contribution in [3.8, 4) is 0 Å². The second kappa shape index (κ2) is 4.11. The van der Waals surface area contributed by atoms with Crippen molar-refractivity contribution in [1.82, 2.24) is 9.97 Å². The fourth-order valence-corrected chi connectivity index (χ4v) is 2.48. The van der Waals surface area contributed by atoms with Gasteiger partial charge in [0.2, 0.25) is 5.95 Å². The lowest BCUT2D eigenvalue weighted by Crippen LogP contribution is -2.21. The van der Waals surface area contributed by atoms with E-state index in [2.05, 4.69) is 62.0 Å². The van der Waals surface area contributed by atoms with Crippen molar-refractivity contribution in [3.63, 3.8) is 0 Å². The van der Waals surface area contributed by atoms with E-state index in [1.807, 2.05) is 0 Å². The van der Waals surface area contributed by atoms with Gasteiger partial charge in [0.05, 0.1) is 10.5 Å². The molecule has 0 saturated heterocycles. The van der Waals surface area contributed by atoms with Crippen molar-refractivity contribution < 1.29 is 0 Å². The number of aromatic nitrogens is 2. The summed E-state index contributed by atoms with van der Waals surface area (Å²) in [5.41, 5.74) is 2.74. The van der Waals surface area contributed by atoms with Crippen molar-refractivity contribution in [2.75, 3.05) is 4.90 Å². The van der Waals surface area contributed by atoms with Crippen LogP contribution < -0.4 is 4.90 Å². The first-order valence-electron chi connectivity index (χ1n) is 5.57. The molecule has 17 heavy (non-hydrogen) atoms. The van der Waals surface area contributed by atoms with Crippen LogP contribution in [0.25, 0.3) is 0 Å². The van der Waals surface area contributed by atoms with E-state index in [9.17, 15) is 0 Å². The second-order valence-electron chi connectivity index (χ2n) is 4.20.